The molecule has 0 bridgehead atoms. The molecule has 0 saturated heterocycles. The van der Waals surface area contributed by atoms with Gasteiger partial charge >= 0.3 is 0 Å². The first-order valence-corrected chi connectivity index (χ1v) is 9.37. The number of benzene rings is 1. The fourth-order valence-electron chi connectivity index (χ4n) is 3.38. The summed E-state index contributed by atoms with van der Waals surface area (Å²) in [5, 5.41) is 5.33. The van der Waals surface area contributed by atoms with E-state index in [-0.39, 0.29) is 30.3 Å². The summed E-state index contributed by atoms with van der Waals surface area (Å²) in [5.74, 6) is -0.257. The second-order valence-corrected chi connectivity index (χ2v) is 7.38. The molecular formula is C21H29N3O3. The molecule has 0 saturated carbocycles. The number of nitrogens with one attached hydrogen (secondary N) is 2. The lowest BCUT2D eigenvalue weighted by atomic mass is 9.99. The van der Waals surface area contributed by atoms with Crippen molar-refractivity contribution >= 4 is 23.9 Å². The summed E-state index contributed by atoms with van der Waals surface area (Å²) >= 11 is 0. The van der Waals surface area contributed by atoms with Crippen LogP contribution in [0, 0.1) is 5.92 Å². The van der Waals surface area contributed by atoms with Crippen molar-refractivity contribution in [1.82, 2.24) is 10.2 Å². The fourth-order valence-corrected chi connectivity index (χ4v) is 3.38. The third kappa shape index (κ3) is 5.42. The summed E-state index contributed by atoms with van der Waals surface area (Å²) < 4.78 is 0. The highest BCUT2D eigenvalue weighted by molar-refractivity contribution is 6.03. The summed E-state index contributed by atoms with van der Waals surface area (Å²) in [5.41, 5.74) is 4.03. The quantitative estimate of drug-likeness (QED) is 0.544. The predicted octanol–water partition coefficient (Wildman–Crippen LogP) is 2.29. The molecule has 1 aliphatic carbocycles. The smallest absolute Gasteiger partial charge is 0.251 e. The van der Waals surface area contributed by atoms with Crippen LogP contribution in [0.2, 0.25) is 0 Å². The molecule has 1 aromatic rings. The molecule has 0 radical (unpaired) electrons. The summed E-state index contributed by atoms with van der Waals surface area (Å²) in [7, 11) is 1.68. The number of anilines is 1. The molecule has 146 valence electrons. The first-order valence-electron chi connectivity index (χ1n) is 9.37. The molecule has 2 N–H and O–H groups in total. The van der Waals surface area contributed by atoms with Crippen molar-refractivity contribution in [2.24, 2.45) is 5.92 Å². The molecule has 2 rings (SSSR count). The molecule has 0 unspecified atom stereocenters. The number of fused-ring (bicyclic) bond motifs is 1. The molecule has 1 aliphatic rings. The maximum Gasteiger partial charge on any atom is 0.251 e. The number of carbonyl (C=O) groups is 3. The number of rotatable bonds is 8. The van der Waals surface area contributed by atoms with Gasteiger partial charge < -0.3 is 15.5 Å². The lowest BCUT2D eigenvalue weighted by Crippen LogP contribution is -2.43. The van der Waals surface area contributed by atoms with Crippen LogP contribution in [0.5, 0.6) is 0 Å². The van der Waals surface area contributed by atoms with Gasteiger partial charge in [0.15, 0.2) is 0 Å². The van der Waals surface area contributed by atoms with Crippen molar-refractivity contribution in [3.05, 3.63) is 41.0 Å². The van der Waals surface area contributed by atoms with Crippen molar-refractivity contribution in [3.8, 4) is 0 Å². The molecule has 0 fully saturated rings. The molecule has 1 atom stereocenters. The molecule has 0 spiro atoms. The van der Waals surface area contributed by atoms with Gasteiger partial charge in [0, 0.05) is 18.3 Å². The van der Waals surface area contributed by atoms with Gasteiger partial charge in [-0.2, -0.15) is 0 Å². The normalized spacial score (nSPS) is 14.5. The summed E-state index contributed by atoms with van der Waals surface area (Å²) in [6, 6.07) is 5.83. The molecule has 27 heavy (non-hydrogen) atoms. The highest BCUT2D eigenvalue weighted by Crippen LogP contribution is 2.25. The number of nitrogens with zero attached hydrogens (tertiary/aromatic N) is 1. The van der Waals surface area contributed by atoms with Crippen LogP contribution in [0.3, 0.4) is 0 Å². The lowest BCUT2D eigenvalue weighted by Gasteiger charge is -2.29. The Morgan fingerprint density at radius 2 is 1.93 bits per heavy atom. The Kier molecular flexibility index (Phi) is 7.16. The van der Waals surface area contributed by atoms with E-state index >= 15 is 0 Å². The Labute approximate surface area is 161 Å². The Morgan fingerprint density at radius 1 is 1.22 bits per heavy atom. The molecular weight excluding hydrogens is 342 g/mol. The van der Waals surface area contributed by atoms with Crippen LogP contribution in [0.25, 0.3) is 0 Å². The van der Waals surface area contributed by atoms with Crippen LogP contribution in [0.1, 0.15) is 38.3 Å². The van der Waals surface area contributed by atoms with E-state index < -0.39 is 0 Å². The second kappa shape index (κ2) is 9.35. The minimum atomic E-state index is -0.239. The van der Waals surface area contributed by atoms with E-state index in [9.17, 15) is 14.4 Å². The Bertz CT molecular complexity index is 740. The van der Waals surface area contributed by atoms with Crippen LogP contribution < -0.4 is 10.6 Å². The Balaban J connectivity index is 2.08. The van der Waals surface area contributed by atoms with Gasteiger partial charge in [-0.1, -0.05) is 26.0 Å². The summed E-state index contributed by atoms with van der Waals surface area (Å²) in [6.45, 7) is 5.67. The molecule has 1 aromatic carbocycles. The van der Waals surface area contributed by atoms with E-state index in [1.54, 1.807) is 18.9 Å². The van der Waals surface area contributed by atoms with Crippen molar-refractivity contribution in [2.75, 3.05) is 18.9 Å². The Morgan fingerprint density at radius 3 is 2.59 bits per heavy atom. The van der Waals surface area contributed by atoms with Crippen LogP contribution in [0.15, 0.2) is 29.8 Å². The second-order valence-electron chi connectivity index (χ2n) is 7.38. The zero-order valence-corrected chi connectivity index (χ0v) is 16.5. The predicted molar refractivity (Wildman–Crippen MR) is 106 cm³/mol. The van der Waals surface area contributed by atoms with Crippen LogP contribution in [0.4, 0.5) is 5.69 Å². The van der Waals surface area contributed by atoms with Gasteiger partial charge in [0.1, 0.15) is 0 Å². The SMILES string of the molecule is C/C(=C\[C@H](C(C)C)N(C)C(=O)CNC=O)C(=O)Nc1ccc2c(c1)CCC2. The van der Waals surface area contributed by atoms with E-state index in [1.165, 1.54) is 17.5 Å². The van der Waals surface area contributed by atoms with E-state index in [4.69, 9.17) is 0 Å². The largest absolute Gasteiger partial charge is 0.350 e. The molecule has 0 aromatic heterocycles. The number of likely N-dealkylation sites (N-methyl/N-ethyl adjacent to an activating group) is 1. The third-order valence-electron chi connectivity index (χ3n) is 5.00. The van der Waals surface area contributed by atoms with Crippen molar-refractivity contribution < 1.29 is 14.4 Å². The first-order chi connectivity index (χ1) is 12.8. The number of hydrogen-bond donors (Lipinski definition) is 2. The number of carbonyl (C=O) groups excluding carboxylic acids is 3. The third-order valence-corrected chi connectivity index (χ3v) is 5.00. The standard InChI is InChI=1S/C21H29N3O3/c1-14(2)19(24(4)20(26)12-22-13-25)10-15(3)21(27)23-18-9-8-16-6-5-7-17(16)11-18/h8-11,13-14,19H,5-7,12H2,1-4H3,(H,22,25)(H,23,27)/b15-10+/t19-/m1/s1. The van der Waals surface area contributed by atoms with Gasteiger partial charge in [-0.25, -0.2) is 0 Å². The molecule has 0 heterocycles. The summed E-state index contributed by atoms with van der Waals surface area (Å²) in [6.07, 6.45) is 5.65. The van der Waals surface area contributed by atoms with E-state index in [1.807, 2.05) is 32.1 Å². The average molecular weight is 371 g/mol. The van der Waals surface area contributed by atoms with Gasteiger partial charge in [-0.3, -0.25) is 14.4 Å². The van der Waals surface area contributed by atoms with Gasteiger partial charge in [-0.15, -0.1) is 0 Å². The van der Waals surface area contributed by atoms with Gasteiger partial charge in [-0.05, 0) is 55.4 Å². The maximum absolute atomic E-state index is 12.6. The van der Waals surface area contributed by atoms with Gasteiger partial charge in [0.05, 0.1) is 12.6 Å². The van der Waals surface area contributed by atoms with Crippen molar-refractivity contribution in [1.29, 1.82) is 0 Å². The molecule has 6 heteroatoms. The van der Waals surface area contributed by atoms with E-state index in [0.717, 1.165) is 18.5 Å². The zero-order chi connectivity index (χ0) is 20.0. The lowest BCUT2D eigenvalue weighted by molar-refractivity contribution is -0.132. The maximum atomic E-state index is 12.6. The number of hydrogen-bond acceptors (Lipinski definition) is 3. The summed E-state index contributed by atoms with van der Waals surface area (Å²) in [4.78, 5) is 36.7. The molecule has 0 aliphatic heterocycles. The Hall–Kier alpha value is -2.63. The molecule has 6 nitrogen and oxygen atoms in total. The topological polar surface area (TPSA) is 78.5 Å². The highest BCUT2D eigenvalue weighted by atomic mass is 16.2. The molecule has 3 amide bonds. The van der Waals surface area contributed by atoms with Crippen molar-refractivity contribution in [3.63, 3.8) is 0 Å². The van der Waals surface area contributed by atoms with Crippen LogP contribution in [-0.4, -0.2) is 42.8 Å². The number of amides is 3. The van der Waals surface area contributed by atoms with E-state index in [2.05, 4.69) is 16.7 Å². The van der Waals surface area contributed by atoms with E-state index in [0.29, 0.717) is 12.0 Å². The van der Waals surface area contributed by atoms with Gasteiger partial charge in [0.25, 0.3) is 5.91 Å². The monoisotopic (exact) mass is 371 g/mol. The fraction of sp³-hybridized carbons (Fsp3) is 0.476. The minimum Gasteiger partial charge on any atom is -0.350 e. The first kappa shape index (κ1) is 20.7. The minimum absolute atomic E-state index is 0.0581. The van der Waals surface area contributed by atoms with Crippen LogP contribution in [-0.2, 0) is 27.2 Å². The average Bonchev–Trinajstić information content (AvgIpc) is 3.10. The zero-order valence-electron chi connectivity index (χ0n) is 16.5. The number of aryl methyl sites for hydroxylation is 2. The van der Waals surface area contributed by atoms with Crippen LogP contribution >= 0.6 is 0 Å². The van der Waals surface area contributed by atoms with Gasteiger partial charge in [0.2, 0.25) is 12.3 Å². The van der Waals surface area contributed by atoms with Crippen molar-refractivity contribution in [2.45, 2.75) is 46.1 Å². The highest BCUT2D eigenvalue weighted by Gasteiger charge is 2.22.